The molecule has 2 heterocycles. The number of carboxylic acid groups (broad SMARTS) is 1. The van der Waals surface area contributed by atoms with Crippen LogP contribution in [0.5, 0.6) is 5.88 Å². The number of carboxylic acids is 1. The van der Waals surface area contributed by atoms with E-state index in [0.717, 1.165) is 0 Å². The Hall–Kier alpha value is -2.68. The summed E-state index contributed by atoms with van der Waals surface area (Å²) in [5.41, 5.74) is 0.373. The van der Waals surface area contributed by atoms with E-state index in [1.807, 2.05) is 0 Å². The van der Waals surface area contributed by atoms with Crippen molar-refractivity contribution >= 4 is 17.8 Å². The van der Waals surface area contributed by atoms with Gasteiger partial charge in [-0.05, 0) is 18.9 Å². The highest BCUT2D eigenvalue weighted by Gasteiger charge is 2.28. The summed E-state index contributed by atoms with van der Waals surface area (Å²) in [6.45, 7) is 1.45. The summed E-state index contributed by atoms with van der Waals surface area (Å²) in [7, 11) is 3.11. The van der Waals surface area contributed by atoms with E-state index in [1.165, 1.54) is 17.2 Å². The standard InChI is InChI=1S/C18H25N3O6/c1-20(12-16(22)21-7-4-13(5-8-21)18(24)25)17(23)14-3-6-19-15(11-14)27-10-9-26-2/h3,6,11,13H,4-5,7-10,12H2,1-2H3,(H,24,25). The maximum atomic E-state index is 12.6. The molecule has 1 fully saturated rings. The normalized spacial score (nSPS) is 14.7. The van der Waals surface area contributed by atoms with E-state index in [9.17, 15) is 14.4 Å². The molecule has 1 aromatic heterocycles. The molecular weight excluding hydrogens is 354 g/mol. The Labute approximate surface area is 157 Å². The molecule has 1 saturated heterocycles. The Kier molecular flexibility index (Phi) is 7.54. The number of hydrogen-bond donors (Lipinski definition) is 1. The third kappa shape index (κ3) is 5.92. The Balaban J connectivity index is 1.89. The van der Waals surface area contributed by atoms with Crippen LogP contribution in [0, 0.1) is 5.92 Å². The summed E-state index contributed by atoms with van der Waals surface area (Å²) in [6, 6.07) is 3.09. The number of carbonyl (C=O) groups excluding carboxylic acids is 2. The number of methoxy groups -OCH3 is 1. The smallest absolute Gasteiger partial charge is 0.306 e. The molecule has 9 heteroatoms. The Morgan fingerprint density at radius 2 is 2.00 bits per heavy atom. The van der Waals surface area contributed by atoms with Gasteiger partial charge < -0.3 is 24.4 Å². The summed E-state index contributed by atoms with van der Waals surface area (Å²) in [5.74, 6) is -1.42. The van der Waals surface area contributed by atoms with Gasteiger partial charge in [0.05, 0.1) is 19.1 Å². The molecule has 1 aliphatic rings. The number of ether oxygens (including phenoxy) is 2. The summed E-state index contributed by atoms with van der Waals surface area (Å²) >= 11 is 0. The molecule has 0 aromatic carbocycles. The fraction of sp³-hybridized carbons (Fsp3) is 0.556. The van der Waals surface area contributed by atoms with Crippen molar-refractivity contribution in [1.82, 2.24) is 14.8 Å². The summed E-state index contributed by atoms with van der Waals surface area (Å²) in [4.78, 5) is 42.9. The number of nitrogens with zero attached hydrogens (tertiary/aromatic N) is 3. The molecule has 1 aromatic rings. The summed E-state index contributed by atoms with van der Waals surface area (Å²) in [6.07, 6.45) is 2.35. The zero-order valence-electron chi connectivity index (χ0n) is 15.6. The Morgan fingerprint density at radius 1 is 1.30 bits per heavy atom. The number of piperidine rings is 1. The van der Waals surface area contributed by atoms with Crippen molar-refractivity contribution in [2.45, 2.75) is 12.8 Å². The van der Waals surface area contributed by atoms with Gasteiger partial charge in [-0.25, -0.2) is 4.98 Å². The molecule has 1 aliphatic heterocycles. The van der Waals surface area contributed by atoms with Gasteiger partial charge in [-0.15, -0.1) is 0 Å². The van der Waals surface area contributed by atoms with Crippen molar-refractivity contribution in [3.63, 3.8) is 0 Å². The third-order valence-electron chi connectivity index (χ3n) is 4.44. The number of aromatic nitrogens is 1. The van der Waals surface area contributed by atoms with Gasteiger partial charge >= 0.3 is 5.97 Å². The maximum Gasteiger partial charge on any atom is 0.306 e. The van der Waals surface area contributed by atoms with Gasteiger partial charge in [-0.3, -0.25) is 14.4 Å². The molecule has 27 heavy (non-hydrogen) atoms. The van der Waals surface area contributed by atoms with Crippen molar-refractivity contribution in [3.8, 4) is 5.88 Å². The molecule has 9 nitrogen and oxygen atoms in total. The SMILES string of the molecule is COCCOc1cc(C(=O)N(C)CC(=O)N2CCC(C(=O)O)CC2)ccn1. The number of rotatable bonds is 8. The van der Waals surface area contributed by atoms with Gasteiger partial charge in [0.1, 0.15) is 6.61 Å². The van der Waals surface area contributed by atoms with Crippen LogP contribution in [0.15, 0.2) is 18.3 Å². The number of hydrogen-bond acceptors (Lipinski definition) is 6. The van der Waals surface area contributed by atoms with Crippen molar-refractivity contribution in [2.24, 2.45) is 5.92 Å². The quantitative estimate of drug-likeness (QED) is 0.655. The number of carbonyl (C=O) groups is 3. The van der Waals surface area contributed by atoms with Crippen molar-refractivity contribution in [3.05, 3.63) is 23.9 Å². The van der Waals surface area contributed by atoms with Crippen molar-refractivity contribution in [2.75, 3.05) is 47.0 Å². The number of pyridine rings is 1. The summed E-state index contributed by atoms with van der Waals surface area (Å²) < 4.78 is 10.3. The van der Waals surface area contributed by atoms with E-state index in [0.29, 0.717) is 50.6 Å². The first-order valence-corrected chi connectivity index (χ1v) is 8.76. The lowest BCUT2D eigenvalue weighted by molar-refractivity contribution is -0.145. The average molecular weight is 379 g/mol. The first kappa shape index (κ1) is 20.6. The zero-order valence-corrected chi connectivity index (χ0v) is 15.6. The fourth-order valence-corrected chi connectivity index (χ4v) is 2.82. The second-order valence-corrected chi connectivity index (χ2v) is 6.38. The number of likely N-dealkylation sites (N-methyl/N-ethyl adjacent to an activating group) is 1. The minimum absolute atomic E-state index is 0.0707. The third-order valence-corrected chi connectivity index (χ3v) is 4.44. The molecule has 0 aliphatic carbocycles. The molecule has 0 spiro atoms. The van der Waals surface area contributed by atoms with Crippen LogP contribution in [-0.2, 0) is 14.3 Å². The van der Waals surface area contributed by atoms with Crippen LogP contribution in [0.3, 0.4) is 0 Å². The van der Waals surface area contributed by atoms with Gasteiger partial charge in [-0.2, -0.15) is 0 Å². The van der Waals surface area contributed by atoms with E-state index >= 15 is 0 Å². The number of amides is 2. The lowest BCUT2D eigenvalue weighted by atomic mass is 9.97. The van der Waals surface area contributed by atoms with Crippen LogP contribution < -0.4 is 4.74 Å². The largest absolute Gasteiger partial charge is 0.481 e. The zero-order chi connectivity index (χ0) is 19.8. The molecule has 0 saturated carbocycles. The minimum Gasteiger partial charge on any atom is -0.481 e. The average Bonchev–Trinajstić information content (AvgIpc) is 2.67. The first-order chi connectivity index (χ1) is 12.9. The van der Waals surface area contributed by atoms with Crippen LogP contribution >= 0.6 is 0 Å². The predicted octanol–water partition coefficient (Wildman–Crippen LogP) is 0.502. The van der Waals surface area contributed by atoms with Gasteiger partial charge in [0.2, 0.25) is 11.8 Å². The maximum absolute atomic E-state index is 12.6. The number of aliphatic carboxylic acids is 1. The van der Waals surface area contributed by atoms with Crippen LogP contribution in [0.4, 0.5) is 0 Å². The van der Waals surface area contributed by atoms with Crippen LogP contribution in [0.1, 0.15) is 23.2 Å². The molecule has 1 N–H and O–H groups in total. The molecule has 0 radical (unpaired) electrons. The van der Waals surface area contributed by atoms with Gasteiger partial charge in [0.15, 0.2) is 0 Å². The highest BCUT2D eigenvalue weighted by molar-refractivity contribution is 5.96. The van der Waals surface area contributed by atoms with Crippen molar-refractivity contribution in [1.29, 1.82) is 0 Å². The topological polar surface area (TPSA) is 109 Å². The lowest BCUT2D eigenvalue weighted by Crippen LogP contribution is -2.45. The molecule has 0 bridgehead atoms. The molecular formula is C18H25N3O6. The monoisotopic (exact) mass is 379 g/mol. The van der Waals surface area contributed by atoms with Gasteiger partial charge in [0.25, 0.3) is 5.91 Å². The highest BCUT2D eigenvalue weighted by Crippen LogP contribution is 2.18. The molecule has 2 rings (SSSR count). The highest BCUT2D eigenvalue weighted by atomic mass is 16.5. The van der Waals surface area contributed by atoms with Crippen LogP contribution in [0.2, 0.25) is 0 Å². The molecule has 0 unspecified atom stereocenters. The van der Waals surface area contributed by atoms with E-state index in [2.05, 4.69) is 4.98 Å². The minimum atomic E-state index is -0.824. The van der Waals surface area contributed by atoms with E-state index in [1.54, 1.807) is 25.1 Å². The molecule has 2 amide bonds. The van der Waals surface area contributed by atoms with Crippen LogP contribution in [-0.4, -0.2) is 84.7 Å². The van der Waals surface area contributed by atoms with Gasteiger partial charge in [0, 0.05) is 45.1 Å². The fourth-order valence-electron chi connectivity index (χ4n) is 2.82. The molecule has 0 atom stereocenters. The predicted molar refractivity (Wildman–Crippen MR) is 95.5 cm³/mol. The van der Waals surface area contributed by atoms with E-state index in [4.69, 9.17) is 14.6 Å². The molecule has 148 valence electrons. The summed E-state index contributed by atoms with van der Waals surface area (Å²) in [5, 5.41) is 9.02. The first-order valence-electron chi connectivity index (χ1n) is 8.76. The van der Waals surface area contributed by atoms with E-state index in [-0.39, 0.29) is 18.4 Å². The Bertz CT molecular complexity index is 673. The second kappa shape index (κ2) is 9.86. The van der Waals surface area contributed by atoms with Gasteiger partial charge in [-0.1, -0.05) is 0 Å². The lowest BCUT2D eigenvalue weighted by Gasteiger charge is -2.31. The van der Waals surface area contributed by atoms with Crippen molar-refractivity contribution < 1.29 is 29.0 Å². The second-order valence-electron chi connectivity index (χ2n) is 6.38. The van der Waals surface area contributed by atoms with E-state index < -0.39 is 11.9 Å². The number of likely N-dealkylation sites (tertiary alicyclic amines) is 1. The Morgan fingerprint density at radius 3 is 2.63 bits per heavy atom. The van der Waals surface area contributed by atoms with Crippen LogP contribution in [0.25, 0.3) is 0 Å².